The quantitative estimate of drug-likeness (QED) is 0.807. The van der Waals surface area contributed by atoms with Crippen molar-refractivity contribution in [2.24, 2.45) is 4.40 Å². The highest BCUT2D eigenvalue weighted by Crippen LogP contribution is 2.25. The molecular formula is C18H23N3O4S. The number of ether oxygens (including phenoxy) is 1. The highest BCUT2D eigenvalue weighted by Gasteiger charge is 2.34. The maximum atomic E-state index is 13.0. The van der Waals surface area contributed by atoms with Crippen molar-refractivity contribution in [3.8, 4) is 5.75 Å². The average Bonchev–Trinajstić information content (AvgIpc) is 2.63. The Morgan fingerprint density at radius 2 is 2.08 bits per heavy atom. The van der Waals surface area contributed by atoms with Crippen molar-refractivity contribution < 1.29 is 17.9 Å². The summed E-state index contributed by atoms with van der Waals surface area (Å²) in [6.45, 7) is 2.63. The highest BCUT2D eigenvalue weighted by molar-refractivity contribution is 7.88. The van der Waals surface area contributed by atoms with Gasteiger partial charge in [-0.1, -0.05) is 12.1 Å². The van der Waals surface area contributed by atoms with Crippen LogP contribution in [0.2, 0.25) is 0 Å². The monoisotopic (exact) mass is 377 g/mol. The number of benzene rings is 1. The average molecular weight is 377 g/mol. The predicted molar refractivity (Wildman–Crippen MR) is 99.3 cm³/mol. The molecule has 1 fully saturated rings. The molecule has 0 N–H and O–H groups in total. The van der Waals surface area contributed by atoms with E-state index in [1.807, 2.05) is 6.92 Å². The number of likely N-dealkylation sites (tertiary alicyclic amines) is 1. The van der Waals surface area contributed by atoms with Gasteiger partial charge in [-0.05, 0) is 44.4 Å². The number of hydrogen-bond donors (Lipinski definition) is 0. The Hall–Kier alpha value is -2.35. The third-order valence-corrected chi connectivity index (χ3v) is 6.14. The topological polar surface area (TPSA) is 79.3 Å². The second-order valence-corrected chi connectivity index (χ2v) is 8.15. The third-order valence-electron chi connectivity index (χ3n) is 4.82. The minimum atomic E-state index is -3.96. The van der Waals surface area contributed by atoms with Crippen LogP contribution in [0.25, 0.3) is 0 Å². The van der Waals surface area contributed by atoms with E-state index in [9.17, 15) is 13.2 Å². The number of carbonyl (C=O) groups excluding carboxylic acids is 1. The number of hydrogen-bond acceptors (Lipinski definition) is 4. The fourth-order valence-corrected chi connectivity index (χ4v) is 4.13. The van der Waals surface area contributed by atoms with Crippen LogP contribution >= 0.6 is 0 Å². The van der Waals surface area contributed by atoms with Crippen LogP contribution in [-0.2, 0) is 15.0 Å². The van der Waals surface area contributed by atoms with Crippen molar-refractivity contribution in [3.05, 3.63) is 41.6 Å². The number of amides is 1. The number of carbonyl (C=O) groups is 1. The zero-order chi connectivity index (χ0) is 18.9. The summed E-state index contributed by atoms with van der Waals surface area (Å²) in [5.41, 5.74) is 0.930. The number of methoxy groups -OCH3 is 1. The van der Waals surface area contributed by atoms with Crippen LogP contribution < -0.4 is 4.74 Å². The van der Waals surface area contributed by atoms with Crippen molar-refractivity contribution in [3.63, 3.8) is 0 Å². The maximum Gasteiger partial charge on any atom is 0.345 e. The summed E-state index contributed by atoms with van der Waals surface area (Å²) in [7, 11) is -1.07. The van der Waals surface area contributed by atoms with E-state index in [-0.39, 0.29) is 23.4 Å². The van der Waals surface area contributed by atoms with E-state index in [4.69, 9.17) is 4.74 Å². The SMILES string of the molecule is COc1cccc(C2=NS(=O)(=O)N(C)C(C(=O)N3CCCC[C@H]3C)=C2)c1. The van der Waals surface area contributed by atoms with Gasteiger partial charge in [-0.2, -0.15) is 8.42 Å². The van der Waals surface area contributed by atoms with Gasteiger partial charge in [0.15, 0.2) is 0 Å². The van der Waals surface area contributed by atoms with Gasteiger partial charge in [0, 0.05) is 25.2 Å². The molecule has 1 amide bonds. The molecule has 2 aliphatic rings. The molecule has 0 spiro atoms. The van der Waals surface area contributed by atoms with Crippen LogP contribution in [0.5, 0.6) is 5.75 Å². The normalized spacial score (nSPS) is 22.5. The molecule has 2 aliphatic heterocycles. The Kier molecular flexibility index (Phi) is 5.04. The van der Waals surface area contributed by atoms with Crippen LogP contribution in [0, 0.1) is 0 Å². The lowest BCUT2D eigenvalue weighted by molar-refractivity contribution is -0.131. The van der Waals surface area contributed by atoms with Crippen molar-refractivity contribution in [2.75, 3.05) is 20.7 Å². The zero-order valence-corrected chi connectivity index (χ0v) is 16.0. The molecule has 140 valence electrons. The lowest BCUT2D eigenvalue weighted by Gasteiger charge is -2.36. The largest absolute Gasteiger partial charge is 0.497 e. The molecule has 3 rings (SSSR count). The zero-order valence-electron chi connectivity index (χ0n) is 15.2. The number of rotatable bonds is 3. The Balaban J connectivity index is 2.02. The molecule has 0 radical (unpaired) electrons. The second kappa shape index (κ2) is 7.11. The third kappa shape index (κ3) is 3.46. The standard InChI is InChI=1S/C18H23N3O4S/c1-13-7-4-5-10-21(13)18(22)17-12-16(19-26(23,24)20(17)2)14-8-6-9-15(11-14)25-3/h6,8-9,11-13H,4-5,7,10H2,1-3H3/t13-/m1/s1. The van der Waals surface area contributed by atoms with Gasteiger partial charge in [-0.15, -0.1) is 4.40 Å². The number of likely N-dealkylation sites (N-methyl/N-ethyl adjacent to an activating group) is 1. The maximum absolute atomic E-state index is 13.0. The lowest BCUT2D eigenvalue weighted by Crippen LogP contribution is -2.46. The molecule has 0 unspecified atom stereocenters. The van der Waals surface area contributed by atoms with E-state index in [0.29, 0.717) is 17.9 Å². The molecule has 8 heteroatoms. The molecule has 26 heavy (non-hydrogen) atoms. The first-order chi connectivity index (χ1) is 12.3. The Morgan fingerprint density at radius 3 is 2.77 bits per heavy atom. The summed E-state index contributed by atoms with van der Waals surface area (Å²) in [4.78, 5) is 14.8. The number of nitrogens with zero attached hydrogens (tertiary/aromatic N) is 3. The molecule has 0 aromatic heterocycles. The van der Waals surface area contributed by atoms with Crippen molar-refractivity contribution in [2.45, 2.75) is 32.2 Å². The van der Waals surface area contributed by atoms with E-state index in [1.165, 1.54) is 14.2 Å². The molecule has 1 atom stereocenters. The summed E-state index contributed by atoms with van der Waals surface area (Å²) in [5.74, 6) is 0.311. The fraction of sp³-hybridized carbons (Fsp3) is 0.444. The van der Waals surface area contributed by atoms with Crippen LogP contribution in [0.1, 0.15) is 31.7 Å². The van der Waals surface area contributed by atoms with Gasteiger partial charge in [0.25, 0.3) is 5.91 Å². The Morgan fingerprint density at radius 1 is 1.31 bits per heavy atom. The van der Waals surface area contributed by atoms with Crippen molar-refractivity contribution in [1.82, 2.24) is 9.21 Å². The molecule has 1 saturated heterocycles. The van der Waals surface area contributed by atoms with E-state index in [0.717, 1.165) is 23.6 Å². The van der Waals surface area contributed by atoms with Gasteiger partial charge in [0.1, 0.15) is 11.4 Å². The Labute approximate surface area is 154 Å². The van der Waals surface area contributed by atoms with Crippen LogP contribution in [0.3, 0.4) is 0 Å². The highest BCUT2D eigenvalue weighted by atomic mass is 32.2. The second-order valence-electron chi connectivity index (χ2n) is 6.53. The van der Waals surface area contributed by atoms with Crippen LogP contribution in [0.15, 0.2) is 40.4 Å². The summed E-state index contributed by atoms with van der Waals surface area (Å²) < 4.78 is 35.0. The van der Waals surface area contributed by atoms with Gasteiger partial charge in [0.05, 0.1) is 12.8 Å². The molecule has 0 aliphatic carbocycles. The Bertz CT molecular complexity index is 876. The summed E-state index contributed by atoms with van der Waals surface area (Å²) in [6.07, 6.45) is 4.47. The summed E-state index contributed by atoms with van der Waals surface area (Å²) in [6, 6.07) is 7.04. The summed E-state index contributed by atoms with van der Waals surface area (Å²) >= 11 is 0. The molecule has 1 aromatic rings. The first-order valence-corrected chi connectivity index (χ1v) is 9.99. The van der Waals surface area contributed by atoms with Gasteiger partial charge >= 0.3 is 10.2 Å². The minimum Gasteiger partial charge on any atom is -0.497 e. The van der Waals surface area contributed by atoms with E-state index < -0.39 is 10.2 Å². The smallest absolute Gasteiger partial charge is 0.345 e. The fourth-order valence-electron chi connectivity index (χ4n) is 3.22. The lowest BCUT2D eigenvalue weighted by atomic mass is 10.0. The van der Waals surface area contributed by atoms with E-state index >= 15 is 0 Å². The minimum absolute atomic E-state index is 0.0902. The van der Waals surface area contributed by atoms with E-state index in [1.54, 1.807) is 35.2 Å². The van der Waals surface area contributed by atoms with Crippen molar-refractivity contribution in [1.29, 1.82) is 0 Å². The van der Waals surface area contributed by atoms with E-state index in [2.05, 4.69) is 4.40 Å². The van der Waals surface area contributed by atoms with Crippen LogP contribution in [-0.4, -0.2) is 56.0 Å². The number of piperidine rings is 1. The molecule has 0 saturated carbocycles. The molecular weight excluding hydrogens is 354 g/mol. The molecule has 7 nitrogen and oxygen atoms in total. The van der Waals surface area contributed by atoms with Gasteiger partial charge in [-0.25, -0.2) is 4.31 Å². The van der Waals surface area contributed by atoms with Crippen LogP contribution in [0.4, 0.5) is 0 Å². The summed E-state index contributed by atoms with van der Waals surface area (Å²) in [5, 5.41) is 0. The van der Waals surface area contributed by atoms with Gasteiger partial charge < -0.3 is 9.64 Å². The molecule has 1 aromatic carbocycles. The van der Waals surface area contributed by atoms with Gasteiger partial charge in [0.2, 0.25) is 0 Å². The first kappa shape index (κ1) is 18.4. The molecule has 2 heterocycles. The van der Waals surface area contributed by atoms with Crippen molar-refractivity contribution >= 4 is 21.8 Å². The van der Waals surface area contributed by atoms with Gasteiger partial charge in [-0.3, -0.25) is 4.79 Å². The molecule has 0 bridgehead atoms. The number of allylic oxidation sites excluding steroid dienone is 1. The predicted octanol–water partition coefficient (Wildman–Crippen LogP) is 1.96. The first-order valence-electron chi connectivity index (χ1n) is 8.59.